The molecule has 0 saturated carbocycles. The minimum absolute atomic E-state index is 0.101. The molecule has 5 unspecified atom stereocenters. The van der Waals surface area contributed by atoms with Crippen molar-refractivity contribution in [3.05, 3.63) is 0 Å². The summed E-state index contributed by atoms with van der Waals surface area (Å²) in [5, 5.41) is 0. The van der Waals surface area contributed by atoms with E-state index in [0.29, 0.717) is 0 Å². The Bertz CT molecular complexity index is 1040. The van der Waals surface area contributed by atoms with Crippen molar-refractivity contribution in [2.45, 2.75) is 18.5 Å². The fourth-order valence-corrected chi connectivity index (χ4v) is 14.0. The Balaban J connectivity index is 4.06. The molecule has 0 radical (unpaired) electrons. The van der Waals surface area contributed by atoms with Gasteiger partial charge in [-0.2, -0.15) is 74.0 Å². The normalized spacial score (nSPS) is 37.3. The van der Waals surface area contributed by atoms with Crippen LogP contribution in [0.15, 0.2) is 22.6 Å². The summed E-state index contributed by atoms with van der Waals surface area (Å²) in [7, 11) is -30.6. The van der Waals surface area contributed by atoms with Gasteiger partial charge in [0.05, 0.1) is 0 Å². The SMILES string of the molecule is CP1(F)=NP(C)(F)=NP(F)(OCC(F)(F)F)=NP(F)(OCC(F)(F)F)=NP(F)(OCC(F)(F)F)=N1. The van der Waals surface area contributed by atoms with Crippen LogP contribution < -0.4 is 0 Å². The van der Waals surface area contributed by atoms with Crippen LogP contribution in [0.5, 0.6) is 0 Å². The second kappa shape index (κ2) is 10.7. The zero-order valence-electron chi connectivity index (χ0n) is 16.6. The van der Waals surface area contributed by atoms with E-state index in [9.17, 15) is 47.9 Å². The Morgan fingerprint density at radius 2 is 0.714 bits per heavy atom. The van der Waals surface area contributed by atoms with Crippen LogP contribution in [0.4, 0.5) is 60.5 Å². The highest BCUT2D eigenvalue weighted by molar-refractivity contribution is 7.80. The molecule has 27 heteroatoms. The molecule has 0 aliphatic carbocycles. The summed E-state index contributed by atoms with van der Waals surface area (Å²) in [6.07, 6.45) is -16.4. The van der Waals surface area contributed by atoms with E-state index in [4.69, 9.17) is 0 Å². The Hall–Kier alpha value is 0.0500. The molecule has 0 saturated heterocycles. The van der Waals surface area contributed by atoms with Crippen LogP contribution in [-0.2, 0) is 13.6 Å². The van der Waals surface area contributed by atoms with Crippen molar-refractivity contribution >= 4 is 38.3 Å². The highest BCUT2D eigenvalue weighted by Gasteiger charge is 2.43. The van der Waals surface area contributed by atoms with Gasteiger partial charge in [0.1, 0.15) is 0 Å². The van der Waals surface area contributed by atoms with Crippen molar-refractivity contribution in [3.63, 3.8) is 0 Å². The van der Waals surface area contributed by atoms with Gasteiger partial charge in [0.25, 0.3) is 0 Å². The third kappa shape index (κ3) is 13.4. The van der Waals surface area contributed by atoms with Gasteiger partial charge in [-0.25, -0.2) is 0 Å². The molecule has 5 atom stereocenters. The van der Waals surface area contributed by atoms with Crippen molar-refractivity contribution in [1.82, 2.24) is 0 Å². The molecule has 0 N–H and O–H groups in total. The van der Waals surface area contributed by atoms with E-state index in [2.05, 4.69) is 36.1 Å². The molecule has 1 rings (SSSR count). The minimum Gasteiger partial charge on any atom is -0.294 e. The molecule has 8 nitrogen and oxygen atoms in total. The average molecular weight is 647 g/mol. The standard InChI is InChI=1S/C8H12F14N5O3P5/c1-31(18)23-32(2,19)25-34(21,29-4-7(12,13)14)27-35(22,30-5-8(15,16)17)26-33(20,24-31)28-3-6(9,10)11/h3-5H2,1-2H3. The fraction of sp³-hybridized carbons (Fsp3) is 1.00. The molecule has 0 bridgehead atoms. The average Bonchev–Trinajstić information content (AvgIpc) is 2.52. The Morgan fingerprint density at radius 3 is 1.03 bits per heavy atom. The lowest BCUT2D eigenvalue weighted by Gasteiger charge is -2.22. The molecule has 0 fully saturated rings. The number of hydrogen-bond donors (Lipinski definition) is 0. The maximum absolute atomic E-state index is 15.1. The van der Waals surface area contributed by atoms with Gasteiger partial charge < -0.3 is 0 Å². The summed E-state index contributed by atoms with van der Waals surface area (Å²) in [6.45, 7) is -8.03. The number of halogens is 14. The highest BCUT2D eigenvalue weighted by Crippen LogP contribution is 2.80. The van der Waals surface area contributed by atoms with Crippen LogP contribution in [0.2, 0.25) is 0 Å². The van der Waals surface area contributed by atoms with Gasteiger partial charge in [-0.05, 0) is 0 Å². The third-order valence-electron chi connectivity index (χ3n) is 2.49. The lowest BCUT2D eigenvalue weighted by molar-refractivity contribution is -0.153. The Morgan fingerprint density at radius 1 is 0.457 bits per heavy atom. The first-order valence-corrected chi connectivity index (χ1v) is 16.5. The monoisotopic (exact) mass is 647 g/mol. The summed E-state index contributed by atoms with van der Waals surface area (Å²) in [5.74, 6) is 0. The summed E-state index contributed by atoms with van der Waals surface area (Å²) >= 11 is 0. The molecular weight excluding hydrogens is 635 g/mol. The molecule has 0 aromatic heterocycles. The van der Waals surface area contributed by atoms with E-state index in [1.54, 1.807) is 0 Å². The van der Waals surface area contributed by atoms with Crippen molar-refractivity contribution in [2.75, 3.05) is 33.2 Å². The summed E-state index contributed by atoms with van der Waals surface area (Å²) in [5.41, 5.74) is 0. The van der Waals surface area contributed by atoms with Crippen LogP contribution >= 0.6 is 38.3 Å². The van der Waals surface area contributed by atoms with E-state index < -0.39 is 76.6 Å². The predicted octanol–water partition coefficient (Wildman–Crippen LogP) is 10.7. The lowest BCUT2D eigenvalue weighted by atomic mass is 10.7. The second-order valence-corrected chi connectivity index (χ2v) is 16.6. The van der Waals surface area contributed by atoms with Gasteiger partial charge in [0.15, 0.2) is 19.8 Å². The molecule has 210 valence electrons. The van der Waals surface area contributed by atoms with Crippen LogP contribution in [-0.4, -0.2) is 51.7 Å². The van der Waals surface area contributed by atoms with Crippen molar-refractivity contribution < 1.29 is 74.1 Å². The molecular formula is C8H12F14N5O3P5. The summed E-state index contributed by atoms with van der Waals surface area (Å²) in [6, 6.07) is 0. The van der Waals surface area contributed by atoms with E-state index in [0.717, 1.165) is 0 Å². The summed E-state index contributed by atoms with van der Waals surface area (Å²) < 4.78 is 209. The minimum atomic E-state index is -6.73. The van der Waals surface area contributed by atoms with E-state index in [1.807, 2.05) is 0 Å². The third-order valence-corrected chi connectivity index (χ3v) is 14.4. The van der Waals surface area contributed by atoms with Gasteiger partial charge in [0.2, 0.25) is 15.0 Å². The van der Waals surface area contributed by atoms with Crippen molar-refractivity contribution in [1.29, 1.82) is 0 Å². The second-order valence-electron chi connectivity index (χ2n) is 6.15. The number of nitrogens with zero attached hydrogens (tertiary/aromatic N) is 5. The van der Waals surface area contributed by atoms with Crippen molar-refractivity contribution in [3.8, 4) is 0 Å². The zero-order valence-corrected chi connectivity index (χ0v) is 21.1. The van der Waals surface area contributed by atoms with Gasteiger partial charge in [-0.15, -0.1) is 9.03 Å². The van der Waals surface area contributed by atoms with Gasteiger partial charge >= 0.3 is 41.8 Å². The fourth-order valence-electron chi connectivity index (χ4n) is 1.68. The van der Waals surface area contributed by atoms with Crippen LogP contribution in [0.1, 0.15) is 0 Å². The molecule has 1 aliphatic heterocycles. The van der Waals surface area contributed by atoms with E-state index in [1.165, 1.54) is 0 Å². The molecule has 35 heavy (non-hydrogen) atoms. The molecule has 0 aromatic carbocycles. The smallest absolute Gasteiger partial charge is 0.294 e. The summed E-state index contributed by atoms with van der Waals surface area (Å²) in [4.78, 5) is 0. The topological polar surface area (TPSA) is 89.5 Å². The molecule has 0 amide bonds. The van der Waals surface area contributed by atoms with Gasteiger partial charge in [0, 0.05) is 13.3 Å². The van der Waals surface area contributed by atoms with Crippen LogP contribution in [0.25, 0.3) is 0 Å². The molecule has 0 spiro atoms. The quantitative estimate of drug-likeness (QED) is 0.212. The lowest BCUT2D eigenvalue weighted by Crippen LogP contribution is -2.16. The number of hydrogen-bond acceptors (Lipinski definition) is 8. The zero-order chi connectivity index (χ0) is 27.8. The first kappa shape index (κ1) is 33.1. The number of rotatable bonds is 6. The van der Waals surface area contributed by atoms with Gasteiger partial charge in [-0.3, -0.25) is 13.6 Å². The Kier molecular flexibility index (Phi) is 10.1. The van der Waals surface area contributed by atoms with Crippen molar-refractivity contribution in [2.24, 2.45) is 22.6 Å². The van der Waals surface area contributed by atoms with E-state index >= 15 is 12.6 Å². The first-order valence-electron chi connectivity index (χ1n) is 7.91. The highest BCUT2D eigenvalue weighted by atomic mass is 31.3. The first-order chi connectivity index (χ1) is 15.2. The largest absolute Gasteiger partial charge is 0.412 e. The molecule has 0 aromatic rings. The van der Waals surface area contributed by atoms with Crippen LogP contribution in [0, 0.1) is 0 Å². The van der Waals surface area contributed by atoms with Gasteiger partial charge in [-0.1, -0.05) is 0 Å². The van der Waals surface area contributed by atoms with E-state index in [-0.39, 0.29) is 13.3 Å². The van der Waals surface area contributed by atoms with Crippen LogP contribution in [0.3, 0.4) is 0 Å². The molecule has 1 aliphatic rings. The number of alkyl halides is 9. The predicted molar refractivity (Wildman–Crippen MR) is 100 cm³/mol. The molecule has 1 heterocycles. The Labute approximate surface area is 187 Å². The maximum Gasteiger partial charge on any atom is 0.412 e. The maximum atomic E-state index is 15.1.